The Morgan fingerprint density at radius 1 is 1.35 bits per heavy atom. The van der Waals surface area contributed by atoms with E-state index in [2.05, 4.69) is 31.0 Å². The minimum absolute atomic E-state index is 0. The highest BCUT2D eigenvalue weighted by Crippen LogP contribution is 2.31. The van der Waals surface area contributed by atoms with Crippen molar-refractivity contribution in [3.63, 3.8) is 0 Å². The maximum Gasteiger partial charge on any atom is 0.194 e. The van der Waals surface area contributed by atoms with Crippen LogP contribution >= 0.6 is 35.7 Å². The molecule has 0 spiro atoms. The maximum absolute atomic E-state index is 9.82. The molecule has 0 aromatic rings. The van der Waals surface area contributed by atoms with Gasteiger partial charge in [0.15, 0.2) is 5.96 Å². The summed E-state index contributed by atoms with van der Waals surface area (Å²) < 4.78 is 5.70. The van der Waals surface area contributed by atoms with Crippen LogP contribution in [0.15, 0.2) is 4.99 Å². The number of guanidine groups is 1. The van der Waals surface area contributed by atoms with Crippen LogP contribution in [0.3, 0.4) is 0 Å². The number of nitrogens with one attached hydrogen (secondary N) is 1. The molecule has 0 saturated carbocycles. The molecule has 2 fully saturated rings. The van der Waals surface area contributed by atoms with Gasteiger partial charge in [-0.3, -0.25) is 4.99 Å². The molecule has 0 unspecified atom stereocenters. The molecule has 0 radical (unpaired) electrons. The van der Waals surface area contributed by atoms with Crippen LogP contribution in [0.1, 0.15) is 33.6 Å². The van der Waals surface area contributed by atoms with E-state index < -0.39 is 0 Å². The van der Waals surface area contributed by atoms with E-state index in [1.54, 1.807) is 0 Å². The smallest absolute Gasteiger partial charge is 0.194 e. The second-order valence-corrected chi connectivity index (χ2v) is 8.77. The Bertz CT molecular complexity index is 388. The average Bonchev–Trinajstić information content (AvgIpc) is 2.51. The number of aliphatic hydroxyl groups excluding tert-OH is 1. The molecule has 23 heavy (non-hydrogen) atoms. The lowest BCUT2D eigenvalue weighted by atomic mass is 9.81. The molecular weight excluding hydrogens is 425 g/mol. The van der Waals surface area contributed by atoms with Crippen molar-refractivity contribution >= 4 is 41.7 Å². The van der Waals surface area contributed by atoms with Crippen molar-refractivity contribution in [2.45, 2.75) is 38.4 Å². The first-order valence-corrected chi connectivity index (χ1v) is 9.35. The third kappa shape index (κ3) is 6.25. The van der Waals surface area contributed by atoms with Gasteiger partial charge in [-0.15, -0.1) is 24.0 Å². The van der Waals surface area contributed by atoms with Crippen molar-refractivity contribution in [2.75, 3.05) is 51.8 Å². The highest BCUT2D eigenvalue weighted by Gasteiger charge is 2.33. The first kappa shape index (κ1) is 21.3. The summed E-state index contributed by atoms with van der Waals surface area (Å²) in [5.41, 5.74) is -0.0982. The summed E-state index contributed by atoms with van der Waals surface area (Å²) in [6, 6.07) is 0. The van der Waals surface area contributed by atoms with Gasteiger partial charge in [-0.2, -0.15) is 11.8 Å². The van der Waals surface area contributed by atoms with Crippen LogP contribution < -0.4 is 5.32 Å². The van der Waals surface area contributed by atoms with Crippen molar-refractivity contribution in [2.24, 2.45) is 10.4 Å². The van der Waals surface area contributed by atoms with Gasteiger partial charge < -0.3 is 20.1 Å². The van der Waals surface area contributed by atoms with Gasteiger partial charge in [0.25, 0.3) is 0 Å². The lowest BCUT2D eigenvalue weighted by Gasteiger charge is -2.40. The van der Waals surface area contributed by atoms with E-state index >= 15 is 0 Å². The van der Waals surface area contributed by atoms with Gasteiger partial charge in [-0.25, -0.2) is 0 Å². The van der Waals surface area contributed by atoms with Crippen LogP contribution in [0.4, 0.5) is 0 Å². The summed E-state index contributed by atoms with van der Waals surface area (Å²) >= 11 is 2.03. The van der Waals surface area contributed by atoms with Gasteiger partial charge in [0.2, 0.25) is 0 Å². The van der Waals surface area contributed by atoms with Gasteiger partial charge in [0, 0.05) is 48.8 Å². The molecule has 2 rings (SSSR count). The molecule has 2 heterocycles. The monoisotopic (exact) mass is 457 g/mol. The number of hydrogen-bond acceptors (Lipinski definition) is 4. The van der Waals surface area contributed by atoms with Crippen molar-refractivity contribution in [3.8, 4) is 0 Å². The first-order chi connectivity index (χ1) is 10.5. The molecule has 0 aromatic carbocycles. The summed E-state index contributed by atoms with van der Waals surface area (Å²) in [5, 5.41) is 13.2. The zero-order chi connectivity index (χ0) is 16.1. The molecule has 0 bridgehead atoms. The van der Waals surface area contributed by atoms with E-state index in [0.29, 0.717) is 6.54 Å². The van der Waals surface area contributed by atoms with E-state index in [1.165, 1.54) is 0 Å². The molecule has 2 aliphatic heterocycles. The summed E-state index contributed by atoms with van der Waals surface area (Å²) in [6.07, 6.45) is 1.79. The van der Waals surface area contributed by atoms with Gasteiger partial charge in [0.05, 0.1) is 13.2 Å². The molecule has 0 amide bonds. The van der Waals surface area contributed by atoms with Gasteiger partial charge in [-0.05, 0) is 33.6 Å². The maximum atomic E-state index is 9.82. The Morgan fingerprint density at radius 2 is 2.04 bits per heavy atom. The zero-order valence-electron chi connectivity index (χ0n) is 14.6. The third-order valence-electron chi connectivity index (χ3n) is 4.51. The van der Waals surface area contributed by atoms with Crippen LogP contribution in [-0.4, -0.2) is 72.5 Å². The zero-order valence-corrected chi connectivity index (χ0v) is 17.8. The Balaban J connectivity index is 0.00000264. The van der Waals surface area contributed by atoms with Crippen LogP contribution in [-0.2, 0) is 4.74 Å². The van der Waals surface area contributed by atoms with Gasteiger partial charge in [-0.1, -0.05) is 0 Å². The number of hydrogen-bond donors (Lipinski definition) is 2. The third-order valence-corrected chi connectivity index (χ3v) is 5.81. The highest BCUT2D eigenvalue weighted by atomic mass is 127. The molecule has 2 aliphatic rings. The summed E-state index contributed by atoms with van der Waals surface area (Å²) in [4.78, 5) is 7.24. The number of halogens is 1. The van der Waals surface area contributed by atoms with Crippen LogP contribution in [0.2, 0.25) is 0 Å². The second kappa shape index (κ2) is 9.68. The van der Waals surface area contributed by atoms with E-state index in [9.17, 15) is 5.11 Å². The number of aliphatic imine (C=N–C) groups is 1. The van der Waals surface area contributed by atoms with Crippen LogP contribution in [0, 0.1) is 5.41 Å². The number of ether oxygens (including phenoxy) is 1. The van der Waals surface area contributed by atoms with Crippen molar-refractivity contribution in [3.05, 3.63) is 0 Å². The molecule has 2 saturated heterocycles. The fourth-order valence-electron chi connectivity index (χ4n) is 3.04. The fraction of sp³-hybridized carbons (Fsp3) is 0.938. The van der Waals surface area contributed by atoms with E-state index in [0.717, 1.165) is 57.4 Å². The SMILES string of the molecule is CCNC(=NCC1(CO)CCOCC1)N1CCSC(C)(C)C1.I. The number of rotatable bonds is 4. The predicted molar refractivity (Wildman–Crippen MR) is 109 cm³/mol. The Labute approximate surface area is 162 Å². The lowest BCUT2D eigenvalue weighted by molar-refractivity contribution is -0.0107. The van der Waals surface area contributed by atoms with Gasteiger partial charge in [0.1, 0.15) is 0 Å². The summed E-state index contributed by atoms with van der Waals surface area (Å²) in [6.45, 7) is 12.0. The minimum atomic E-state index is -0.0982. The first-order valence-electron chi connectivity index (χ1n) is 8.36. The molecule has 0 aliphatic carbocycles. The Kier molecular flexibility index (Phi) is 8.97. The molecule has 2 N–H and O–H groups in total. The van der Waals surface area contributed by atoms with E-state index in [-0.39, 0.29) is 40.7 Å². The molecule has 7 heteroatoms. The fourth-order valence-corrected chi connectivity index (χ4v) is 4.15. The van der Waals surface area contributed by atoms with Crippen molar-refractivity contribution in [1.82, 2.24) is 10.2 Å². The number of aliphatic hydroxyl groups is 1. The van der Waals surface area contributed by atoms with Crippen molar-refractivity contribution in [1.29, 1.82) is 0 Å². The molecule has 136 valence electrons. The standard InChI is InChI=1S/C16H31N3O2S.HI/c1-4-17-14(19-7-10-22-15(2,3)12-19)18-11-16(13-20)5-8-21-9-6-16;/h20H,4-13H2,1-3H3,(H,17,18);1H. The second-order valence-electron chi connectivity index (χ2n) is 6.97. The lowest BCUT2D eigenvalue weighted by Crippen LogP contribution is -2.51. The Hall–Kier alpha value is 0.270. The molecular formula is C16H32IN3O2S. The summed E-state index contributed by atoms with van der Waals surface area (Å²) in [7, 11) is 0. The minimum Gasteiger partial charge on any atom is -0.396 e. The van der Waals surface area contributed by atoms with E-state index in [4.69, 9.17) is 9.73 Å². The Morgan fingerprint density at radius 3 is 2.61 bits per heavy atom. The van der Waals surface area contributed by atoms with Crippen molar-refractivity contribution < 1.29 is 9.84 Å². The molecule has 0 aromatic heterocycles. The number of thioether (sulfide) groups is 1. The number of nitrogens with zero attached hydrogens (tertiary/aromatic N) is 2. The normalized spacial score (nSPS) is 24.0. The quantitative estimate of drug-likeness (QED) is 0.385. The highest BCUT2D eigenvalue weighted by molar-refractivity contribution is 14.0. The van der Waals surface area contributed by atoms with Crippen LogP contribution in [0.25, 0.3) is 0 Å². The summed E-state index contributed by atoms with van der Waals surface area (Å²) in [5.74, 6) is 2.13. The predicted octanol–water partition coefficient (Wildman–Crippen LogP) is 2.19. The molecule has 0 atom stereocenters. The van der Waals surface area contributed by atoms with Crippen LogP contribution in [0.5, 0.6) is 0 Å². The topological polar surface area (TPSA) is 57.1 Å². The van der Waals surface area contributed by atoms with E-state index in [1.807, 2.05) is 11.8 Å². The molecule has 5 nitrogen and oxygen atoms in total. The van der Waals surface area contributed by atoms with Gasteiger partial charge >= 0.3 is 0 Å². The largest absolute Gasteiger partial charge is 0.396 e. The average molecular weight is 457 g/mol.